The number of ether oxygens (including phenoxy) is 1. The predicted molar refractivity (Wildman–Crippen MR) is 97.5 cm³/mol. The van der Waals surface area contributed by atoms with Crippen molar-refractivity contribution in [1.29, 1.82) is 0 Å². The van der Waals surface area contributed by atoms with Crippen molar-refractivity contribution in [3.63, 3.8) is 0 Å². The van der Waals surface area contributed by atoms with Gasteiger partial charge in [0.05, 0.1) is 10.5 Å². The Morgan fingerprint density at radius 2 is 1.85 bits per heavy atom. The van der Waals surface area contributed by atoms with E-state index in [0.29, 0.717) is 11.3 Å². The minimum absolute atomic E-state index is 0.0576. The van der Waals surface area contributed by atoms with Crippen LogP contribution in [0.1, 0.15) is 30.4 Å². The van der Waals surface area contributed by atoms with Gasteiger partial charge in [-0.05, 0) is 12.5 Å². The van der Waals surface area contributed by atoms with Gasteiger partial charge in [-0.1, -0.05) is 48.5 Å². The Morgan fingerprint density at radius 3 is 2.56 bits per heavy atom. The first-order valence-electron chi connectivity index (χ1n) is 8.42. The van der Waals surface area contributed by atoms with Gasteiger partial charge in [0.25, 0.3) is 5.69 Å². The molecule has 0 saturated heterocycles. The number of hydrogen-bond donors (Lipinski definition) is 1. The molecule has 0 saturated carbocycles. The Hall–Kier alpha value is -3.48. The Kier molecular flexibility index (Phi) is 5.30. The molecule has 7 heteroatoms. The van der Waals surface area contributed by atoms with E-state index in [0.717, 1.165) is 5.56 Å². The minimum atomic E-state index is -0.733. The molecule has 0 aliphatic carbocycles. The highest BCUT2D eigenvalue weighted by atomic mass is 16.6. The van der Waals surface area contributed by atoms with Crippen molar-refractivity contribution < 1.29 is 19.2 Å². The smallest absolute Gasteiger partial charge is 0.336 e. The number of hydrogen-bond acceptors (Lipinski definition) is 5. The van der Waals surface area contributed by atoms with Crippen molar-refractivity contribution in [1.82, 2.24) is 5.32 Å². The number of esters is 1. The molecule has 0 bridgehead atoms. The summed E-state index contributed by atoms with van der Waals surface area (Å²) in [5, 5.41) is 14.0. The van der Waals surface area contributed by atoms with Crippen molar-refractivity contribution in [2.45, 2.75) is 25.9 Å². The maximum absolute atomic E-state index is 12.8. The molecule has 3 rings (SSSR count). The number of nitro groups is 1. The normalized spacial score (nSPS) is 16.6. The SMILES string of the molecule is CC1=C(C(=O)OCc2ccccc2)[C@H](c2ccccc2[N+](=O)[O-])CC(=O)N1. The number of para-hydroxylation sites is 1. The van der Waals surface area contributed by atoms with Crippen LogP contribution in [0.5, 0.6) is 0 Å². The van der Waals surface area contributed by atoms with Gasteiger partial charge >= 0.3 is 5.97 Å². The average Bonchev–Trinajstić information content (AvgIpc) is 2.66. The Bertz CT molecular complexity index is 921. The molecule has 0 spiro atoms. The van der Waals surface area contributed by atoms with Gasteiger partial charge in [0, 0.05) is 29.7 Å². The third kappa shape index (κ3) is 4.03. The zero-order chi connectivity index (χ0) is 19.4. The summed E-state index contributed by atoms with van der Waals surface area (Å²) in [6.45, 7) is 1.67. The van der Waals surface area contributed by atoms with Gasteiger partial charge in [0.15, 0.2) is 0 Å². The third-order valence-electron chi connectivity index (χ3n) is 4.41. The van der Waals surface area contributed by atoms with Crippen LogP contribution in [0, 0.1) is 10.1 Å². The number of nitrogens with one attached hydrogen (secondary N) is 1. The molecule has 0 radical (unpaired) electrons. The summed E-state index contributed by atoms with van der Waals surface area (Å²) in [6.07, 6.45) is -0.0576. The molecule has 1 N–H and O–H groups in total. The molecule has 27 heavy (non-hydrogen) atoms. The van der Waals surface area contributed by atoms with Gasteiger partial charge in [-0.3, -0.25) is 14.9 Å². The van der Waals surface area contributed by atoms with E-state index in [9.17, 15) is 19.7 Å². The number of allylic oxidation sites excluding steroid dienone is 1. The van der Waals surface area contributed by atoms with Gasteiger partial charge in [-0.15, -0.1) is 0 Å². The monoisotopic (exact) mass is 366 g/mol. The fourth-order valence-electron chi connectivity index (χ4n) is 3.19. The second-order valence-electron chi connectivity index (χ2n) is 6.22. The van der Waals surface area contributed by atoms with Crippen molar-refractivity contribution >= 4 is 17.6 Å². The fourth-order valence-corrected chi connectivity index (χ4v) is 3.19. The Morgan fingerprint density at radius 1 is 1.19 bits per heavy atom. The number of benzene rings is 2. The predicted octanol–water partition coefficient (Wildman–Crippen LogP) is 3.22. The first-order chi connectivity index (χ1) is 13.0. The minimum Gasteiger partial charge on any atom is -0.457 e. The summed E-state index contributed by atoms with van der Waals surface area (Å²) in [4.78, 5) is 35.6. The zero-order valence-electron chi connectivity index (χ0n) is 14.7. The van der Waals surface area contributed by atoms with Crippen LogP contribution >= 0.6 is 0 Å². The molecule has 1 heterocycles. The molecule has 1 aliphatic rings. The summed E-state index contributed by atoms with van der Waals surface area (Å²) >= 11 is 0. The van der Waals surface area contributed by atoms with Gasteiger partial charge < -0.3 is 10.1 Å². The maximum atomic E-state index is 12.8. The molecule has 2 aromatic carbocycles. The Labute approximate surface area is 155 Å². The Balaban J connectivity index is 1.93. The van der Waals surface area contributed by atoms with Crippen molar-refractivity contribution in [3.05, 3.63) is 87.1 Å². The topological polar surface area (TPSA) is 98.5 Å². The molecule has 0 aromatic heterocycles. The molecule has 2 aromatic rings. The number of carbonyl (C=O) groups excluding carboxylic acids is 2. The number of nitro benzene ring substituents is 1. The van der Waals surface area contributed by atoms with Crippen LogP contribution in [0.25, 0.3) is 0 Å². The molecule has 0 unspecified atom stereocenters. The van der Waals surface area contributed by atoms with E-state index in [-0.39, 0.29) is 30.2 Å². The van der Waals surface area contributed by atoms with Crippen LogP contribution in [0.4, 0.5) is 5.69 Å². The lowest BCUT2D eigenvalue weighted by Crippen LogP contribution is -2.34. The maximum Gasteiger partial charge on any atom is 0.336 e. The molecule has 138 valence electrons. The lowest BCUT2D eigenvalue weighted by atomic mass is 9.83. The van der Waals surface area contributed by atoms with E-state index < -0.39 is 16.8 Å². The van der Waals surface area contributed by atoms with Crippen LogP contribution in [-0.4, -0.2) is 16.8 Å². The first kappa shape index (κ1) is 18.3. The van der Waals surface area contributed by atoms with Crippen LogP contribution in [0.2, 0.25) is 0 Å². The first-order valence-corrected chi connectivity index (χ1v) is 8.42. The summed E-state index contributed by atoms with van der Waals surface area (Å²) in [7, 11) is 0. The number of amides is 1. The number of rotatable bonds is 5. The van der Waals surface area contributed by atoms with Crippen LogP contribution in [0.3, 0.4) is 0 Å². The van der Waals surface area contributed by atoms with Gasteiger partial charge in [-0.2, -0.15) is 0 Å². The lowest BCUT2D eigenvalue weighted by Gasteiger charge is -2.26. The highest BCUT2D eigenvalue weighted by Crippen LogP contribution is 2.38. The zero-order valence-corrected chi connectivity index (χ0v) is 14.7. The number of carbonyl (C=O) groups is 2. The summed E-state index contributed by atoms with van der Waals surface area (Å²) in [5.41, 5.74) is 1.61. The number of nitrogens with zero attached hydrogens (tertiary/aromatic N) is 1. The molecule has 1 aliphatic heterocycles. The highest BCUT2D eigenvalue weighted by molar-refractivity contribution is 5.96. The molecule has 1 atom stereocenters. The van der Waals surface area contributed by atoms with E-state index in [2.05, 4.69) is 5.32 Å². The van der Waals surface area contributed by atoms with E-state index in [1.54, 1.807) is 25.1 Å². The summed E-state index contributed by atoms with van der Waals surface area (Å²) < 4.78 is 5.41. The van der Waals surface area contributed by atoms with Crippen molar-refractivity contribution in [2.24, 2.45) is 0 Å². The summed E-state index contributed by atoms with van der Waals surface area (Å²) in [6, 6.07) is 15.3. The standard InChI is InChI=1S/C20H18N2O5/c1-13-19(20(24)27-12-14-7-3-2-4-8-14)16(11-18(23)21-13)15-9-5-6-10-17(15)22(25)26/h2-10,16H,11-12H2,1H3,(H,21,23)/t16-/m0/s1. The van der Waals surface area contributed by atoms with Crippen molar-refractivity contribution in [3.8, 4) is 0 Å². The highest BCUT2D eigenvalue weighted by Gasteiger charge is 2.36. The van der Waals surface area contributed by atoms with E-state index >= 15 is 0 Å². The molecule has 7 nitrogen and oxygen atoms in total. The molecule has 1 amide bonds. The largest absolute Gasteiger partial charge is 0.457 e. The third-order valence-corrected chi connectivity index (χ3v) is 4.41. The summed E-state index contributed by atoms with van der Waals surface area (Å²) in [5.74, 6) is -1.63. The van der Waals surface area contributed by atoms with E-state index in [4.69, 9.17) is 4.74 Å². The fraction of sp³-hybridized carbons (Fsp3) is 0.200. The van der Waals surface area contributed by atoms with Crippen molar-refractivity contribution in [2.75, 3.05) is 0 Å². The lowest BCUT2D eigenvalue weighted by molar-refractivity contribution is -0.385. The molecule has 0 fully saturated rings. The van der Waals surface area contributed by atoms with Crippen LogP contribution < -0.4 is 5.32 Å². The second kappa shape index (κ2) is 7.82. The van der Waals surface area contributed by atoms with Crippen LogP contribution in [-0.2, 0) is 20.9 Å². The quantitative estimate of drug-likeness (QED) is 0.498. The van der Waals surface area contributed by atoms with Crippen LogP contribution in [0.15, 0.2) is 65.9 Å². The molecular formula is C20H18N2O5. The second-order valence-corrected chi connectivity index (χ2v) is 6.22. The van der Waals surface area contributed by atoms with E-state index in [1.165, 1.54) is 6.07 Å². The average molecular weight is 366 g/mol. The van der Waals surface area contributed by atoms with Gasteiger partial charge in [0.1, 0.15) is 6.61 Å². The van der Waals surface area contributed by atoms with Gasteiger partial charge in [-0.25, -0.2) is 4.79 Å². The van der Waals surface area contributed by atoms with E-state index in [1.807, 2.05) is 30.3 Å². The van der Waals surface area contributed by atoms with Gasteiger partial charge in [0.2, 0.25) is 5.91 Å². The molecular weight excluding hydrogens is 348 g/mol.